The number of methoxy groups -OCH3 is 2. The molecule has 5 rings (SSSR count). The number of hydrogen-bond donors (Lipinski definition) is 0. The van der Waals surface area contributed by atoms with E-state index in [9.17, 15) is 9.59 Å². The van der Waals surface area contributed by atoms with Crippen LogP contribution in [0.25, 0.3) is 6.08 Å². The molecule has 0 unspecified atom stereocenters. The predicted octanol–water partition coefficient (Wildman–Crippen LogP) is 6.07. The van der Waals surface area contributed by atoms with Gasteiger partial charge in [-0.05, 0) is 48.4 Å². The smallest absolute Gasteiger partial charge is 0.325 e. The Balaban J connectivity index is 1.47. The minimum atomic E-state index is -0.452. The first-order valence-corrected chi connectivity index (χ1v) is 14.3. The van der Waals surface area contributed by atoms with Gasteiger partial charge in [0.05, 0.1) is 31.2 Å². The van der Waals surface area contributed by atoms with Crippen molar-refractivity contribution in [2.45, 2.75) is 51.1 Å². The molecule has 0 aliphatic carbocycles. The van der Waals surface area contributed by atoms with Crippen LogP contribution in [0.3, 0.4) is 0 Å². The summed E-state index contributed by atoms with van der Waals surface area (Å²) in [6.07, 6.45) is 9.20. The number of thiophene rings is 1. The van der Waals surface area contributed by atoms with Crippen molar-refractivity contribution in [3.63, 3.8) is 0 Å². The van der Waals surface area contributed by atoms with Crippen LogP contribution in [0.5, 0.6) is 11.5 Å². The topological polar surface area (TPSA) is 62.3 Å². The fourth-order valence-electron chi connectivity index (χ4n) is 6.48. The van der Waals surface area contributed by atoms with E-state index in [2.05, 4.69) is 26.5 Å². The Morgan fingerprint density at radius 1 is 1.15 bits per heavy atom. The van der Waals surface area contributed by atoms with E-state index in [1.165, 1.54) is 11.3 Å². The number of carbonyl (C=O) groups is 2. The molecule has 0 bridgehead atoms. The third kappa shape index (κ3) is 4.44. The van der Waals surface area contributed by atoms with Gasteiger partial charge < -0.3 is 19.3 Å². The van der Waals surface area contributed by atoms with Crippen LogP contribution in [-0.4, -0.2) is 66.0 Å². The summed E-state index contributed by atoms with van der Waals surface area (Å²) < 4.78 is 11.4. The Bertz CT molecular complexity index is 1360. The van der Waals surface area contributed by atoms with Crippen LogP contribution in [0.1, 0.15) is 60.0 Å². The molecule has 0 saturated carbocycles. The molecule has 2 saturated heterocycles. The first-order valence-electron chi connectivity index (χ1n) is 13.4. The summed E-state index contributed by atoms with van der Waals surface area (Å²) in [5, 5.41) is 1.99. The standard InChI is InChI=1S/C31H37N3O4S/c1-7-9-10-21-15-25(39-20-21)28(35)32-13-11-31(12-14-32)26-18-30(3,4)27-22(16-23(37-5)17-24(27)38-6)19-33(26)29(36)34(31)8-2/h7,9-10,15-18,20H,1,8,11-14,19H2,2-6H3/b10-9-. The van der Waals surface area contributed by atoms with E-state index in [0.717, 1.165) is 33.0 Å². The number of benzene rings is 1. The molecule has 0 N–H and O–H groups in total. The van der Waals surface area contributed by atoms with Gasteiger partial charge in [-0.15, -0.1) is 11.3 Å². The molecule has 3 amide bonds. The zero-order chi connectivity index (χ0) is 27.9. The van der Waals surface area contributed by atoms with Gasteiger partial charge in [-0.2, -0.15) is 0 Å². The fraction of sp³-hybridized carbons (Fsp3) is 0.419. The summed E-state index contributed by atoms with van der Waals surface area (Å²) in [5.74, 6) is 1.53. The molecule has 4 heterocycles. The van der Waals surface area contributed by atoms with Gasteiger partial charge in [-0.1, -0.05) is 44.7 Å². The van der Waals surface area contributed by atoms with Crippen molar-refractivity contribution in [2.24, 2.45) is 0 Å². The highest BCUT2D eigenvalue weighted by molar-refractivity contribution is 7.12. The molecule has 1 spiro atoms. The number of carbonyl (C=O) groups excluding carboxylic acids is 2. The number of likely N-dealkylation sites (N-methyl/N-ethyl adjacent to an activating group) is 1. The SMILES string of the molecule is C=C/C=C\c1csc(C(=O)N2CCC3(CC2)C2=CC(C)(C)c4c(cc(OC)cc4OC)CN2C(=O)N3CC)c1. The van der Waals surface area contributed by atoms with Crippen LogP contribution >= 0.6 is 11.3 Å². The normalized spacial score (nSPS) is 19.6. The first-order chi connectivity index (χ1) is 18.7. The van der Waals surface area contributed by atoms with E-state index in [0.29, 0.717) is 44.8 Å². The molecule has 39 heavy (non-hydrogen) atoms. The summed E-state index contributed by atoms with van der Waals surface area (Å²) in [6, 6.07) is 5.89. The van der Waals surface area contributed by atoms with Gasteiger partial charge in [0.1, 0.15) is 11.5 Å². The maximum absolute atomic E-state index is 13.9. The Morgan fingerprint density at radius 3 is 2.54 bits per heavy atom. The lowest BCUT2D eigenvalue weighted by atomic mass is 9.77. The molecule has 0 radical (unpaired) electrons. The quantitative estimate of drug-likeness (QED) is 0.412. The lowest BCUT2D eigenvalue weighted by molar-refractivity contribution is 0.0579. The molecule has 1 aromatic heterocycles. The fourth-order valence-corrected chi connectivity index (χ4v) is 7.32. The molecule has 3 aliphatic heterocycles. The van der Waals surface area contributed by atoms with Crippen molar-refractivity contribution in [3.8, 4) is 11.5 Å². The van der Waals surface area contributed by atoms with E-state index >= 15 is 0 Å². The zero-order valence-electron chi connectivity index (χ0n) is 23.5. The number of allylic oxidation sites excluding steroid dienone is 3. The van der Waals surface area contributed by atoms with E-state index in [1.807, 2.05) is 57.4 Å². The third-order valence-electron chi connectivity index (χ3n) is 8.28. The molecule has 7 nitrogen and oxygen atoms in total. The molecule has 2 fully saturated rings. The van der Waals surface area contributed by atoms with Crippen LogP contribution in [0.15, 0.2) is 54.1 Å². The van der Waals surface area contributed by atoms with E-state index in [-0.39, 0.29) is 17.4 Å². The summed E-state index contributed by atoms with van der Waals surface area (Å²) in [6.45, 7) is 12.4. The Morgan fingerprint density at radius 2 is 1.90 bits per heavy atom. The van der Waals surface area contributed by atoms with Gasteiger partial charge in [0.25, 0.3) is 5.91 Å². The Labute approximate surface area is 235 Å². The monoisotopic (exact) mass is 547 g/mol. The van der Waals surface area contributed by atoms with Crippen LogP contribution in [0.4, 0.5) is 4.79 Å². The van der Waals surface area contributed by atoms with Crippen molar-refractivity contribution >= 4 is 29.4 Å². The van der Waals surface area contributed by atoms with Gasteiger partial charge in [0, 0.05) is 42.4 Å². The lowest BCUT2D eigenvalue weighted by Crippen LogP contribution is -2.54. The van der Waals surface area contributed by atoms with Gasteiger partial charge in [0.15, 0.2) is 0 Å². The van der Waals surface area contributed by atoms with Gasteiger partial charge >= 0.3 is 6.03 Å². The summed E-state index contributed by atoms with van der Waals surface area (Å²) in [4.78, 5) is 33.9. The molecule has 0 atom stereocenters. The highest BCUT2D eigenvalue weighted by Crippen LogP contribution is 2.50. The van der Waals surface area contributed by atoms with Crippen LogP contribution in [0, 0.1) is 0 Å². The van der Waals surface area contributed by atoms with Crippen molar-refractivity contribution in [2.75, 3.05) is 33.9 Å². The minimum absolute atomic E-state index is 0.0193. The average molecular weight is 548 g/mol. The number of rotatable bonds is 6. The zero-order valence-corrected chi connectivity index (χ0v) is 24.3. The third-order valence-corrected chi connectivity index (χ3v) is 9.22. The average Bonchev–Trinajstić information content (AvgIpc) is 3.44. The highest BCUT2D eigenvalue weighted by Gasteiger charge is 2.56. The number of likely N-dealkylation sites (tertiary alicyclic amines) is 1. The number of urea groups is 1. The van der Waals surface area contributed by atoms with Crippen molar-refractivity contribution in [3.05, 3.63) is 75.7 Å². The maximum Gasteiger partial charge on any atom is 0.325 e. The lowest BCUT2D eigenvalue weighted by Gasteiger charge is -2.44. The van der Waals surface area contributed by atoms with Crippen molar-refractivity contribution in [1.82, 2.24) is 14.7 Å². The first kappa shape index (κ1) is 27.1. The summed E-state index contributed by atoms with van der Waals surface area (Å²) in [7, 11) is 3.32. The maximum atomic E-state index is 13.9. The second-order valence-corrected chi connectivity index (χ2v) is 11.8. The Kier molecular flexibility index (Phi) is 7.10. The van der Waals surface area contributed by atoms with E-state index < -0.39 is 5.54 Å². The molecule has 8 heteroatoms. The Hall–Kier alpha value is -3.52. The number of hydrogen-bond acceptors (Lipinski definition) is 5. The van der Waals surface area contributed by atoms with E-state index in [4.69, 9.17) is 9.47 Å². The number of fused-ring (bicyclic) bond motifs is 3. The number of piperidine rings is 1. The van der Waals surface area contributed by atoms with Crippen LogP contribution < -0.4 is 9.47 Å². The molecular weight excluding hydrogens is 510 g/mol. The molecular formula is C31H37N3O4S. The number of ether oxygens (including phenoxy) is 2. The largest absolute Gasteiger partial charge is 0.497 e. The minimum Gasteiger partial charge on any atom is -0.497 e. The van der Waals surface area contributed by atoms with Gasteiger partial charge in [-0.25, -0.2) is 4.79 Å². The number of nitrogens with zero attached hydrogens (tertiary/aromatic N) is 3. The van der Waals surface area contributed by atoms with Gasteiger partial charge in [0.2, 0.25) is 0 Å². The molecule has 206 valence electrons. The van der Waals surface area contributed by atoms with Crippen molar-refractivity contribution in [1.29, 1.82) is 0 Å². The number of amides is 3. The van der Waals surface area contributed by atoms with Crippen LogP contribution in [0.2, 0.25) is 0 Å². The molecule has 1 aromatic carbocycles. The second kappa shape index (κ2) is 10.2. The molecule has 3 aliphatic rings. The second-order valence-electron chi connectivity index (χ2n) is 10.9. The van der Waals surface area contributed by atoms with Crippen molar-refractivity contribution < 1.29 is 19.1 Å². The van der Waals surface area contributed by atoms with Gasteiger partial charge in [-0.3, -0.25) is 9.69 Å². The highest BCUT2D eigenvalue weighted by atomic mass is 32.1. The summed E-state index contributed by atoms with van der Waals surface area (Å²) in [5.41, 5.74) is 3.31. The predicted molar refractivity (Wildman–Crippen MR) is 155 cm³/mol. The summed E-state index contributed by atoms with van der Waals surface area (Å²) >= 11 is 1.47. The van der Waals surface area contributed by atoms with Crippen LogP contribution in [-0.2, 0) is 12.0 Å². The molecule has 2 aromatic rings. The van der Waals surface area contributed by atoms with E-state index in [1.54, 1.807) is 20.3 Å².